The zero-order valence-corrected chi connectivity index (χ0v) is 15.3. The van der Waals surface area contributed by atoms with Crippen LogP contribution in [0.1, 0.15) is 51.5 Å². The van der Waals surface area contributed by atoms with Crippen molar-refractivity contribution >= 4 is 11.7 Å². The lowest BCUT2D eigenvalue weighted by atomic mass is 9.91. The number of amidine groups is 1. The fourth-order valence-corrected chi connectivity index (χ4v) is 3.42. The Hall–Kier alpha value is -1.93. The normalized spacial score (nSPS) is 26.7. The maximum Gasteiger partial charge on any atom is 0.234 e. The molecule has 8 nitrogen and oxygen atoms in total. The number of hydrogen-bond acceptors (Lipinski definition) is 7. The van der Waals surface area contributed by atoms with Crippen molar-refractivity contribution in [2.45, 2.75) is 64.8 Å². The Labute approximate surface area is 147 Å². The van der Waals surface area contributed by atoms with E-state index in [4.69, 9.17) is 9.36 Å². The summed E-state index contributed by atoms with van der Waals surface area (Å²) < 4.78 is 5.36. The lowest BCUT2D eigenvalue weighted by molar-refractivity contribution is -0.134. The van der Waals surface area contributed by atoms with Crippen LogP contribution >= 0.6 is 0 Å². The monoisotopic (exact) mass is 350 g/mol. The summed E-state index contributed by atoms with van der Waals surface area (Å²) in [5.41, 5.74) is 2.87. The number of nitrogens with zero attached hydrogens (tertiary/aromatic N) is 3. The third kappa shape index (κ3) is 3.55. The highest BCUT2D eigenvalue weighted by atomic mass is 16.7. The molecule has 3 unspecified atom stereocenters. The number of aliphatic hydroxyl groups excluding tert-OH is 1. The lowest BCUT2D eigenvalue weighted by Crippen LogP contribution is -2.46. The van der Waals surface area contributed by atoms with E-state index in [2.05, 4.69) is 15.6 Å². The molecule has 1 fully saturated rings. The molecule has 0 spiro atoms. The molecule has 3 heterocycles. The number of β-amino-alcohol motifs (C(OH)–C–C–N with tert-alkyl or cyclic N) is 1. The van der Waals surface area contributed by atoms with Gasteiger partial charge in [-0.1, -0.05) is 19.0 Å². The van der Waals surface area contributed by atoms with Crippen molar-refractivity contribution in [1.29, 1.82) is 0 Å². The van der Waals surface area contributed by atoms with Gasteiger partial charge in [0.2, 0.25) is 5.91 Å². The Morgan fingerprint density at radius 3 is 2.72 bits per heavy atom. The largest absolute Gasteiger partial charge is 0.391 e. The van der Waals surface area contributed by atoms with Crippen LogP contribution in [0.3, 0.4) is 0 Å². The van der Waals surface area contributed by atoms with E-state index >= 15 is 0 Å². The van der Waals surface area contributed by atoms with Gasteiger partial charge in [0, 0.05) is 19.0 Å². The van der Waals surface area contributed by atoms with Gasteiger partial charge < -0.3 is 14.5 Å². The van der Waals surface area contributed by atoms with Crippen molar-refractivity contribution in [3.63, 3.8) is 0 Å². The van der Waals surface area contributed by atoms with Gasteiger partial charge in [-0.2, -0.15) is 0 Å². The minimum Gasteiger partial charge on any atom is -0.391 e. The minimum absolute atomic E-state index is 0.0319. The van der Waals surface area contributed by atoms with Crippen LogP contribution in [0.15, 0.2) is 15.6 Å². The third-order valence-corrected chi connectivity index (χ3v) is 4.56. The molecule has 0 aliphatic carbocycles. The van der Waals surface area contributed by atoms with Crippen molar-refractivity contribution in [3.8, 4) is 0 Å². The Bertz CT molecular complexity index is 682. The van der Waals surface area contributed by atoms with Crippen LogP contribution in [0.4, 0.5) is 0 Å². The predicted molar refractivity (Wildman–Crippen MR) is 90.7 cm³/mol. The highest BCUT2D eigenvalue weighted by molar-refractivity contribution is 5.94. The summed E-state index contributed by atoms with van der Waals surface area (Å²) in [5, 5.41) is 14.1. The van der Waals surface area contributed by atoms with Gasteiger partial charge in [0.05, 0.1) is 17.8 Å². The van der Waals surface area contributed by atoms with E-state index in [-0.39, 0.29) is 24.4 Å². The first kappa shape index (κ1) is 17.9. The summed E-state index contributed by atoms with van der Waals surface area (Å²) in [4.78, 5) is 24.9. The van der Waals surface area contributed by atoms with Crippen LogP contribution in [0.5, 0.6) is 0 Å². The van der Waals surface area contributed by atoms with Gasteiger partial charge in [-0.15, -0.1) is 0 Å². The molecule has 8 heteroatoms. The standard InChI is InChI=1S/C17H26N4O4/c1-9(2)14(13-6-10(3)19-24-13)16(23)21-8-11(22)7-12(21)15-18-17(4,5)25-20-15/h6,9,11-12,14,22H,7-8H2,1-5H3,(H,18,20). The predicted octanol–water partition coefficient (Wildman–Crippen LogP) is 1.35. The molecule has 0 aromatic carbocycles. The molecule has 2 N–H and O–H groups in total. The molecule has 1 aromatic heterocycles. The summed E-state index contributed by atoms with van der Waals surface area (Å²) in [5.74, 6) is 0.609. The molecular weight excluding hydrogens is 324 g/mol. The number of likely N-dealkylation sites (tertiary alicyclic amines) is 1. The molecule has 1 saturated heterocycles. The lowest BCUT2D eigenvalue weighted by Gasteiger charge is -2.29. The summed E-state index contributed by atoms with van der Waals surface area (Å²) in [7, 11) is 0. The number of aliphatic hydroxyl groups is 1. The van der Waals surface area contributed by atoms with Crippen LogP contribution < -0.4 is 5.48 Å². The van der Waals surface area contributed by atoms with E-state index in [9.17, 15) is 9.90 Å². The van der Waals surface area contributed by atoms with Gasteiger partial charge in [-0.3, -0.25) is 4.79 Å². The molecule has 0 saturated carbocycles. The van der Waals surface area contributed by atoms with Gasteiger partial charge in [0.1, 0.15) is 17.5 Å². The Morgan fingerprint density at radius 2 is 2.20 bits per heavy atom. The summed E-state index contributed by atoms with van der Waals surface area (Å²) >= 11 is 0. The molecule has 138 valence electrons. The minimum atomic E-state index is -0.683. The first-order chi connectivity index (χ1) is 11.7. The van der Waals surface area contributed by atoms with Gasteiger partial charge in [-0.25, -0.2) is 15.3 Å². The summed E-state index contributed by atoms with van der Waals surface area (Å²) in [6.45, 7) is 9.70. The van der Waals surface area contributed by atoms with Crippen molar-refractivity contribution in [2.75, 3.05) is 6.54 Å². The first-order valence-corrected chi connectivity index (χ1v) is 8.63. The molecule has 25 heavy (non-hydrogen) atoms. The maximum atomic E-state index is 13.3. The van der Waals surface area contributed by atoms with Crippen LogP contribution in [0, 0.1) is 12.8 Å². The molecule has 3 rings (SSSR count). The number of aliphatic imine (C=N–C) groups is 1. The van der Waals surface area contributed by atoms with Crippen molar-refractivity contribution in [2.24, 2.45) is 10.9 Å². The van der Waals surface area contributed by atoms with Crippen LogP contribution in [-0.4, -0.2) is 51.3 Å². The number of carbonyl (C=O) groups is 1. The fraction of sp³-hybridized carbons (Fsp3) is 0.706. The van der Waals surface area contributed by atoms with Crippen LogP contribution in [-0.2, 0) is 9.63 Å². The van der Waals surface area contributed by atoms with Gasteiger partial charge >= 0.3 is 0 Å². The number of amides is 1. The summed E-state index contributed by atoms with van der Waals surface area (Å²) in [6.07, 6.45) is -0.163. The third-order valence-electron chi connectivity index (χ3n) is 4.56. The Balaban J connectivity index is 1.88. The SMILES string of the molecule is Cc1cc(C(C(=O)N2CC(O)CC2C2=NC(C)(C)ON2)C(C)C)on1. The van der Waals surface area contributed by atoms with Gasteiger partial charge in [0.15, 0.2) is 5.72 Å². The quantitative estimate of drug-likeness (QED) is 0.850. The Morgan fingerprint density at radius 1 is 1.48 bits per heavy atom. The highest BCUT2D eigenvalue weighted by Crippen LogP contribution is 2.32. The van der Waals surface area contributed by atoms with E-state index in [1.807, 2.05) is 34.6 Å². The topological polar surface area (TPSA) is 100 Å². The molecule has 1 aromatic rings. The number of hydrogen-bond donors (Lipinski definition) is 2. The van der Waals surface area contributed by atoms with E-state index in [1.165, 1.54) is 0 Å². The average molecular weight is 350 g/mol. The fourth-order valence-electron chi connectivity index (χ4n) is 3.42. The van der Waals surface area contributed by atoms with E-state index in [0.29, 0.717) is 18.0 Å². The molecule has 1 amide bonds. The molecule has 0 bridgehead atoms. The Kier molecular flexibility index (Phi) is 4.59. The molecule has 0 radical (unpaired) electrons. The number of rotatable bonds is 4. The number of carbonyl (C=O) groups excluding carboxylic acids is 1. The summed E-state index contributed by atoms with van der Waals surface area (Å²) in [6, 6.07) is 1.45. The molecule has 2 aliphatic heterocycles. The second-order valence-corrected chi connectivity index (χ2v) is 7.64. The smallest absolute Gasteiger partial charge is 0.234 e. The first-order valence-electron chi connectivity index (χ1n) is 8.63. The van der Waals surface area contributed by atoms with Crippen LogP contribution in [0.25, 0.3) is 0 Å². The average Bonchev–Trinajstić information content (AvgIpc) is 3.18. The number of aromatic nitrogens is 1. The van der Waals surface area contributed by atoms with Crippen LogP contribution in [0.2, 0.25) is 0 Å². The van der Waals surface area contributed by atoms with Crippen molar-refractivity contribution < 1.29 is 19.3 Å². The van der Waals surface area contributed by atoms with Crippen molar-refractivity contribution in [3.05, 3.63) is 17.5 Å². The second kappa shape index (κ2) is 6.42. The number of hydroxylamine groups is 1. The van der Waals surface area contributed by atoms with Gasteiger partial charge in [0.25, 0.3) is 0 Å². The molecule has 2 aliphatic rings. The molecule has 3 atom stereocenters. The molecular formula is C17H26N4O4. The van der Waals surface area contributed by atoms with Gasteiger partial charge in [-0.05, 0) is 26.7 Å². The maximum absolute atomic E-state index is 13.3. The second-order valence-electron chi connectivity index (χ2n) is 7.64. The van der Waals surface area contributed by atoms with E-state index in [0.717, 1.165) is 5.69 Å². The highest BCUT2D eigenvalue weighted by Gasteiger charge is 2.44. The van der Waals surface area contributed by atoms with Crippen molar-refractivity contribution in [1.82, 2.24) is 15.5 Å². The number of nitrogens with one attached hydrogen (secondary N) is 1. The zero-order chi connectivity index (χ0) is 18.4. The zero-order valence-electron chi connectivity index (χ0n) is 15.3. The van der Waals surface area contributed by atoms with E-state index < -0.39 is 17.7 Å². The van der Waals surface area contributed by atoms with E-state index in [1.54, 1.807) is 11.0 Å². The number of aryl methyl sites for hydroxylation is 1.